The van der Waals surface area contributed by atoms with Crippen LogP contribution in [0.3, 0.4) is 0 Å². The van der Waals surface area contributed by atoms with Crippen molar-refractivity contribution in [2.45, 2.75) is 52.6 Å². The molecule has 1 heterocycles. The van der Waals surface area contributed by atoms with E-state index in [9.17, 15) is 0 Å². The van der Waals surface area contributed by atoms with Gasteiger partial charge in [-0.3, -0.25) is 0 Å². The summed E-state index contributed by atoms with van der Waals surface area (Å²) in [6.07, 6.45) is 5.20. The Balaban J connectivity index is 2.49. The predicted molar refractivity (Wildman–Crippen MR) is 66.3 cm³/mol. The minimum absolute atomic E-state index is 0.574. The Bertz CT molecular complexity index is 293. The summed E-state index contributed by atoms with van der Waals surface area (Å²) in [6, 6.07) is 0.574. The lowest BCUT2D eigenvalue weighted by molar-refractivity contribution is 0.397. The number of nitrogens with zero attached hydrogens (tertiary/aromatic N) is 3. The molecule has 0 aliphatic rings. The lowest BCUT2D eigenvalue weighted by atomic mass is 9.99. The Morgan fingerprint density at radius 3 is 2.75 bits per heavy atom. The molecule has 0 saturated heterocycles. The summed E-state index contributed by atoms with van der Waals surface area (Å²) in [5.74, 6) is 0.667. The zero-order chi connectivity index (χ0) is 12.0. The third-order valence-electron chi connectivity index (χ3n) is 3.02. The summed E-state index contributed by atoms with van der Waals surface area (Å²) in [6.45, 7) is 7.64. The summed E-state index contributed by atoms with van der Waals surface area (Å²) >= 11 is 0. The van der Waals surface area contributed by atoms with Crippen LogP contribution in [0.4, 0.5) is 0 Å². The fraction of sp³-hybridized carbons (Fsp3) is 0.833. The summed E-state index contributed by atoms with van der Waals surface area (Å²) in [5, 5.41) is 11.4. The molecule has 0 radical (unpaired) electrons. The molecule has 1 atom stereocenters. The molecule has 16 heavy (non-hydrogen) atoms. The van der Waals surface area contributed by atoms with Gasteiger partial charge in [-0.1, -0.05) is 26.0 Å². The first kappa shape index (κ1) is 13.2. The van der Waals surface area contributed by atoms with Gasteiger partial charge in [0.15, 0.2) is 0 Å². The van der Waals surface area contributed by atoms with E-state index in [-0.39, 0.29) is 0 Å². The van der Waals surface area contributed by atoms with Crippen LogP contribution in [0.1, 0.15) is 39.3 Å². The van der Waals surface area contributed by atoms with Crippen LogP contribution in [0.5, 0.6) is 0 Å². The van der Waals surface area contributed by atoms with Gasteiger partial charge >= 0.3 is 0 Å². The zero-order valence-corrected chi connectivity index (χ0v) is 10.9. The van der Waals surface area contributed by atoms with E-state index in [2.05, 4.69) is 36.4 Å². The highest BCUT2D eigenvalue weighted by molar-refractivity contribution is 4.95. The average molecular weight is 224 g/mol. The maximum Gasteiger partial charge on any atom is 0.0725 e. The second-order valence-electron chi connectivity index (χ2n) is 4.63. The highest BCUT2D eigenvalue weighted by Gasteiger charge is 2.12. The molecule has 1 rings (SSSR count). The van der Waals surface area contributed by atoms with Crippen LogP contribution in [-0.4, -0.2) is 28.1 Å². The monoisotopic (exact) mass is 224 g/mol. The minimum atomic E-state index is 0.574. The van der Waals surface area contributed by atoms with Gasteiger partial charge in [0.05, 0.1) is 11.9 Å². The van der Waals surface area contributed by atoms with Crippen molar-refractivity contribution < 1.29 is 0 Å². The Kier molecular flexibility index (Phi) is 5.46. The molecule has 92 valence electrons. The molecule has 0 aliphatic carbocycles. The van der Waals surface area contributed by atoms with Crippen LogP contribution in [0.2, 0.25) is 0 Å². The lowest BCUT2D eigenvalue weighted by Gasteiger charge is -2.19. The summed E-state index contributed by atoms with van der Waals surface area (Å²) < 4.78 is 2.02. The van der Waals surface area contributed by atoms with Crippen LogP contribution in [0, 0.1) is 5.92 Å². The molecule has 1 aromatic heterocycles. The number of hydrogen-bond acceptors (Lipinski definition) is 3. The molecule has 0 saturated carbocycles. The van der Waals surface area contributed by atoms with Gasteiger partial charge in [-0.05, 0) is 32.2 Å². The van der Waals surface area contributed by atoms with Crippen molar-refractivity contribution in [1.29, 1.82) is 0 Å². The molecule has 0 fully saturated rings. The minimum Gasteiger partial charge on any atom is -0.317 e. The molecule has 4 heteroatoms. The van der Waals surface area contributed by atoms with E-state index in [1.165, 1.54) is 5.69 Å². The predicted octanol–water partition coefficient (Wildman–Crippen LogP) is 1.86. The summed E-state index contributed by atoms with van der Waals surface area (Å²) in [7, 11) is 2.03. The third-order valence-corrected chi connectivity index (χ3v) is 3.02. The van der Waals surface area contributed by atoms with E-state index >= 15 is 0 Å². The first-order chi connectivity index (χ1) is 7.69. The summed E-state index contributed by atoms with van der Waals surface area (Å²) in [4.78, 5) is 0. The van der Waals surface area contributed by atoms with Gasteiger partial charge in [0.1, 0.15) is 0 Å². The maximum atomic E-state index is 4.10. The van der Waals surface area contributed by atoms with Crippen LogP contribution in [-0.2, 0) is 13.0 Å². The first-order valence-electron chi connectivity index (χ1n) is 6.23. The van der Waals surface area contributed by atoms with E-state index < -0.39 is 0 Å². The van der Waals surface area contributed by atoms with Gasteiger partial charge in [-0.25, -0.2) is 4.68 Å². The van der Waals surface area contributed by atoms with Crippen molar-refractivity contribution in [2.24, 2.45) is 5.92 Å². The number of rotatable bonds is 7. The van der Waals surface area contributed by atoms with Gasteiger partial charge < -0.3 is 5.32 Å². The Labute approximate surface area is 98.4 Å². The number of nitrogens with one attached hydrogen (secondary N) is 1. The summed E-state index contributed by atoms with van der Waals surface area (Å²) in [5.41, 5.74) is 1.25. The van der Waals surface area contributed by atoms with Crippen molar-refractivity contribution in [3.63, 3.8) is 0 Å². The molecule has 0 spiro atoms. The molecule has 1 N–H and O–H groups in total. The lowest BCUT2D eigenvalue weighted by Crippen LogP contribution is -2.31. The van der Waals surface area contributed by atoms with Crippen molar-refractivity contribution in [3.05, 3.63) is 11.9 Å². The molecular weight excluding hydrogens is 200 g/mol. The normalized spacial score (nSPS) is 13.3. The molecular formula is C12H24N4. The van der Waals surface area contributed by atoms with Crippen molar-refractivity contribution in [1.82, 2.24) is 20.3 Å². The van der Waals surface area contributed by atoms with Crippen LogP contribution in [0.25, 0.3) is 0 Å². The number of aromatic nitrogens is 3. The molecule has 4 nitrogen and oxygen atoms in total. The molecule has 0 aromatic carbocycles. The fourth-order valence-electron chi connectivity index (χ4n) is 1.99. The van der Waals surface area contributed by atoms with Gasteiger partial charge in [0, 0.05) is 12.6 Å². The quantitative estimate of drug-likeness (QED) is 0.769. The van der Waals surface area contributed by atoms with E-state index in [0.29, 0.717) is 12.0 Å². The zero-order valence-electron chi connectivity index (χ0n) is 10.9. The van der Waals surface area contributed by atoms with E-state index in [1.807, 2.05) is 17.9 Å². The van der Waals surface area contributed by atoms with Crippen LogP contribution >= 0.6 is 0 Å². The van der Waals surface area contributed by atoms with Gasteiger partial charge in [0.2, 0.25) is 0 Å². The maximum absolute atomic E-state index is 4.10. The Hall–Kier alpha value is -0.900. The van der Waals surface area contributed by atoms with Crippen molar-refractivity contribution >= 4 is 0 Å². The molecule has 1 unspecified atom stereocenters. The van der Waals surface area contributed by atoms with E-state index in [1.54, 1.807) is 0 Å². The standard InChI is InChI=1S/C12H24N4/c1-5-8-16-11(9-14-15-16)6-7-12(13-4)10(2)3/h9-10,12-13H,5-8H2,1-4H3. The largest absolute Gasteiger partial charge is 0.317 e. The SMILES string of the molecule is CCCn1nncc1CCC(NC)C(C)C. The highest BCUT2D eigenvalue weighted by atomic mass is 15.4. The second-order valence-corrected chi connectivity index (χ2v) is 4.63. The van der Waals surface area contributed by atoms with Gasteiger partial charge in [-0.2, -0.15) is 0 Å². The van der Waals surface area contributed by atoms with E-state index in [4.69, 9.17) is 0 Å². The smallest absolute Gasteiger partial charge is 0.0725 e. The van der Waals surface area contributed by atoms with Crippen molar-refractivity contribution in [3.8, 4) is 0 Å². The fourth-order valence-corrected chi connectivity index (χ4v) is 1.99. The molecule has 1 aromatic rings. The topological polar surface area (TPSA) is 42.7 Å². The number of hydrogen-bond donors (Lipinski definition) is 1. The highest BCUT2D eigenvalue weighted by Crippen LogP contribution is 2.10. The molecule has 0 aliphatic heterocycles. The number of aryl methyl sites for hydroxylation is 2. The third kappa shape index (κ3) is 3.59. The second kappa shape index (κ2) is 6.63. The van der Waals surface area contributed by atoms with Gasteiger partial charge in [0.25, 0.3) is 0 Å². The molecule has 0 bridgehead atoms. The van der Waals surface area contributed by atoms with E-state index in [0.717, 1.165) is 25.8 Å². The average Bonchev–Trinajstić information content (AvgIpc) is 2.67. The van der Waals surface area contributed by atoms with Gasteiger partial charge in [-0.15, -0.1) is 5.10 Å². The van der Waals surface area contributed by atoms with Crippen LogP contribution < -0.4 is 5.32 Å². The Morgan fingerprint density at radius 2 is 2.19 bits per heavy atom. The first-order valence-corrected chi connectivity index (χ1v) is 6.23. The molecule has 0 amide bonds. The van der Waals surface area contributed by atoms with Crippen LogP contribution in [0.15, 0.2) is 6.20 Å². The van der Waals surface area contributed by atoms with Crippen molar-refractivity contribution in [2.75, 3.05) is 7.05 Å². The Morgan fingerprint density at radius 1 is 1.44 bits per heavy atom.